The van der Waals surface area contributed by atoms with Crippen LogP contribution in [0.4, 0.5) is 0 Å². The van der Waals surface area contributed by atoms with Gasteiger partial charge in [0.1, 0.15) is 0 Å². The Morgan fingerprint density at radius 1 is 1.44 bits per heavy atom. The van der Waals surface area contributed by atoms with Crippen LogP contribution < -0.4 is 5.32 Å². The molecule has 0 spiro atoms. The Morgan fingerprint density at radius 3 is 3.12 bits per heavy atom. The van der Waals surface area contributed by atoms with Crippen molar-refractivity contribution in [2.24, 2.45) is 11.8 Å². The fourth-order valence-corrected chi connectivity index (χ4v) is 3.03. The molecular formula is C13H26N2O. The normalized spacial score (nSPS) is 37.5. The molecule has 2 fully saturated rings. The predicted octanol–water partition coefficient (Wildman–Crippen LogP) is 1.34. The lowest BCUT2D eigenvalue weighted by molar-refractivity contribution is 0.0749. The third-order valence-corrected chi connectivity index (χ3v) is 3.91. The standard InChI is InChI=1S/C13H26N2O/c1-3-13-12(4-7-16-13)10-15-6-5-14-8-11(2)9-15/h11-14H,3-10H2,1-2H3. The van der Waals surface area contributed by atoms with Crippen molar-refractivity contribution in [1.82, 2.24) is 10.2 Å². The molecule has 0 aromatic carbocycles. The minimum atomic E-state index is 0.520. The summed E-state index contributed by atoms with van der Waals surface area (Å²) < 4.78 is 5.77. The van der Waals surface area contributed by atoms with Crippen LogP contribution in [0.1, 0.15) is 26.7 Å². The summed E-state index contributed by atoms with van der Waals surface area (Å²) in [6.07, 6.45) is 2.95. The molecule has 16 heavy (non-hydrogen) atoms. The lowest BCUT2D eigenvalue weighted by Gasteiger charge is -2.27. The van der Waals surface area contributed by atoms with Crippen LogP contribution in [0.15, 0.2) is 0 Å². The van der Waals surface area contributed by atoms with Gasteiger partial charge in [0.05, 0.1) is 6.10 Å². The van der Waals surface area contributed by atoms with Crippen LogP contribution in [-0.2, 0) is 4.74 Å². The molecule has 0 saturated carbocycles. The molecule has 0 aliphatic carbocycles. The van der Waals surface area contributed by atoms with Crippen molar-refractivity contribution in [3.05, 3.63) is 0 Å². The van der Waals surface area contributed by atoms with E-state index in [0.717, 1.165) is 25.0 Å². The first-order valence-corrected chi connectivity index (χ1v) is 6.84. The van der Waals surface area contributed by atoms with Crippen LogP contribution >= 0.6 is 0 Å². The molecule has 0 amide bonds. The van der Waals surface area contributed by atoms with E-state index in [9.17, 15) is 0 Å². The van der Waals surface area contributed by atoms with Gasteiger partial charge < -0.3 is 15.0 Å². The molecule has 2 aliphatic rings. The zero-order valence-corrected chi connectivity index (χ0v) is 10.7. The molecule has 2 saturated heterocycles. The number of nitrogens with one attached hydrogen (secondary N) is 1. The second-order valence-electron chi connectivity index (χ2n) is 5.44. The Morgan fingerprint density at radius 2 is 2.31 bits per heavy atom. The number of hydrogen-bond acceptors (Lipinski definition) is 3. The maximum absolute atomic E-state index is 5.77. The zero-order valence-electron chi connectivity index (χ0n) is 10.7. The lowest BCUT2D eigenvalue weighted by atomic mass is 9.98. The first kappa shape index (κ1) is 12.3. The summed E-state index contributed by atoms with van der Waals surface area (Å²) in [4.78, 5) is 2.63. The van der Waals surface area contributed by atoms with Crippen molar-refractivity contribution in [2.75, 3.05) is 39.3 Å². The first-order chi connectivity index (χ1) is 7.79. The highest BCUT2D eigenvalue weighted by molar-refractivity contribution is 4.80. The molecule has 2 aliphatic heterocycles. The largest absolute Gasteiger partial charge is 0.378 e. The molecule has 0 radical (unpaired) electrons. The van der Waals surface area contributed by atoms with E-state index < -0.39 is 0 Å². The molecule has 3 atom stereocenters. The average Bonchev–Trinajstić information content (AvgIpc) is 2.61. The van der Waals surface area contributed by atoms with E-state index >= 15 is 0 Å². The van der Waals surface area contributed by atoms with E-state index in [1.807, 2.05) is 0 Å². The van der Waals surface area contributed by atoms with Crippen LogP contribution in [0.5, 0.6) is 0 Å². The van der Waals surface area contributed by atoms with Gasteiger partial charge in [-0.1, -0.05) is 13.8 Å². The molecule has 94 valence electrons. The highest BCUT2D eigenvalue weighted by Gasteiger charge is 2.29. The van der Waals surface area contributed by atoms with Crippen molar-refractivity contribution < 1.29 is 4.74 Å². The second-order valence-corrected chi connectivity index (χ2v) is 5.44. The highest BCUT2D eigenvalue weighted by atomic mass is 16.5. The highest BCUT2D eigenvalue weighted by Crippen LogP contribution is 2.24. The fraction of sp³-hybridized carbons (Fsp3) is 1.00. The van der Waals surface area contributed by atoms with Crippen LogP contribution in [-0.4, -0.2) is 50.3 Å². The van der Waals surface area contributed by atoms with E-state index in [1.165, 1.54) is 39.0 Å². The van der Waals surface area contributed by atoms with Crippen LogP contribution in [0.25, 0.3) is 0 Å². The van der Waals surface area contributed by atoms with Gasteiger partial charge in [0, 0.05) is 32.8 Å². The van der Waals surface area contributed by atoms with Gasteiger partial charge in [0.15, 0.2) is 0 Å². The van der Waals surface area contributed by atoms with Crippen LogP contribution in [0.3, 0.4) is 0 Å². The molecule has 0 aromatic heterocycles. The van der Waals surface area contributed by atoms with E-state index in [-0.39, 0.29) is 0 Å². The summed E-state index contributed by atoms with van der Waals surface area (Å²) in [5.41, 5.74) is 0. The molecule has 0 aromatic rings. The first-order valence-electron chi connectivity index (χ1n) is 6.84. The Balaban J connectivity index is 1.82. The van der Waals surface area contributed by atoms with Gasteiger partial charge in [-0.05, 0) is 31.2 Å². The van der Waals surface area contributed by atoms with Crippen molar-refractivity contribution in [3.63, 3.8) is 0 Å². The zero-order chi connectivity index (χ0) is 11.4. The molecular weight excluding hydrogens is 200 g/mol. The second kappa shape index (κ2) is 5.99. The Bertz CT molecular complexity index is 210. The maximum atomic E-state index is 5.77. The number of rotatable bonds is 3. The Labute approximate surface area is 99.5 Å². The molecule has 0 bridgehead atoms. The molecule has 2 rings (SSSR count). The van der Waals surface area contributed by atoms with Gasteiger partial charge in [-0.2, -0.15) is 0 Å². The smallest absolute Gasteiger partial charge is 0.0613 e. The van der Waals surface area contributed by atoms with Gasteiger partial charge >= 0.3 is 0 Å². The monoisotopic (exact) mass is 226 g/mol. The van der Waals surface area contributed by atoms with E-state index in [1.54, 1.807) is 0 Å². The number of ether oxygens (including phenoxy) is 1. The minimum Gasteiger partial charge on any atom is -0.378 e. The Hall–Kier alpha value is -0.120. The third kappa shape index (κ3) is 3.19. The predicted molar refractivity (Wildman–Crippen MR) is 66.6 cm³/mol. The summed E-state index contributed by atoms with van der Waals surface area (Å²) >= 11 is 0. The minimum absolute atomic E-state index is 0.520. The lowest BCUT2D eigenvalue weighted by Crippen LogP contribution is -2.36. The van der Waals surface area contributed by atoms with Crippen molar-refractivity contribution in [3.8, 4) is 0 Å². The van der Waals surface area contributed by atoms with Gasteiger partial charge in [-0.15, -0.1) is 0 Å². The average molecular weight is 226 g/mol. The fourth-order valence-electron chi connectivity index (χ4n) is 3.03. The van der Waals surface area contributed by atoms with Crippen LogP contribution in [0, 0.1) is 11.8 Å². The maximum Gasteiger partial charge on any atom is 0.0613 e. The van der Waals surface area contributed by atoms with Gasteiger partial charge in [-0.25, -0.2) is 0 Å². The molecule has 1 N–H and O–H groups in total. The van der Waals surface area contributed by atoms with E-state index in [2.05, 4.69) is 24.1 Å². The van der Waals surface area contributed by atoms with Gasteiger partial charge in [0.2, 0.25) is 0 Å². The number of hydrogen-bond donors (Lipinski definition) is 1. The van der Waals surface area contributed by atoms with Crippen LogP contribution in [0.2, 0.25) is 0 Å². The molecule has 2 heterocycles. The summed E-state index contributed by atoms with van der Waals surface area (Å²) in [6.45, 7) is 11.6. The van der Waals surface area contributed by atoms with Gasteiger partial charge in [-0.3, -0.25) is 0 Å². The molecule has 3 nitrogen and oxygen atoms in total. The Kier molecular flexibility index (Phi) is 4.62. The summed E-state index contributed by atoms with van der Waals surface area (Å²) in [6, 6.07) is 0. The topological polar surface area (TPSA) is 24.5 Å². The molecule has 3 unspecified atom stereocenters. The molecule has 3 heteroatoms. The summed E-state index contributed by atoms with van der Waals surface area (Å²) in [7, 11) is 0. The van der Waals surface area contributed by atoms with E-state index in [0.29, 0.717) is 6.10 Å². The quantitative estimate of drug-likeness (QED) is 0.786. The van der Waals surface area contributed by atoms with Crippen molar-refractivity contribution in [1.29, 1.82) is 0 Å². The third-order valence-electron chi connectivity index (χ3n) is 3.91. The van der Waals surface area contributed by atoms with Crippen molar-refractivity contribution >= 4 is 0 Å². The summed E-state index contributed by atoms with van der Waals surface area (Å²) in [5.74, 6) is 1.56. The SMILES string of the molecule is CCC1OCCC1CN1CCNCC(C)C1. The van der Waals surface area contributed by atoms with E-state index in [4.69, 9.17) is 4.74 Å². The van der Waals surface area contributed by atoms with Gasteiger partial charge in [0.25, 0.3) is 0 Å². The summed E-state index contributed by atoms with van der Waals surface area (Å²) in [5, 5.41) is 3.50. The van der Waals surface area contributed by atoms with Crippen molar-refractivity contribution in [2.45, 2.75) is 32.8 Å². The number of nitrogens with zero attached hydrogens (tertiary/aromatic N) is 1.